The van der Waals surface area contributed by atoms with Gasteiger partial charge in [0.25, 0.3) is 0 Å². The molecule has 0 amide bonds. The molecule has 0 fully saturated rings. The molecule has 5 nitrogen and oxygen atoms in total. The van der Waals surface area contributed by atoms with Crippen LogP contribution < -0.4 is 10.5 Å². The molecule has 1 aromatic carbocycles. The Bertz CT molecular complexity index is 637. The molecule has 0 aliphatic rings. The second-order valence-electron chi connectivity index (χ2n) is 4.52. The Morgan fingerprint density at radius 3 is 2.60 bits per heavy atom. The van der Waals surface area contributed by atoms with Gasteiger partial charge in [0.1, 0.15) is 0 Å². The molecule has 1 aromatic heterocycles. The number of thiazole rings is 1. The molecule has 0 saturated carbocycles. The molecule has 3 N–H and O–H groups in total. The molecular formula is C13H17N3O2S2. The van der Waals surface area contributed by atoms with E-state index in [1.165, 1.54) is 12.1 Å². The molecule has 1 unspecified atom stereocenters. The number of nitrogens with two attached hydrogens (primary N) is 1. The summed E-state index contributed by atoms with van der Waals surface area (Å²) in [6.45, 7) is 2.86. The van der Waals surface area contributed by atoms with Crippen molar-refractivity contribution in [2.45, 2.75) is 24.3 Å². The van der Waals surface area contributed by atoms with Gasteiger partial charge in [-0.1, -0.05) is 12.1 Å². The van der Waals surface area contributed by atoms with E-state index in [1.807, 2.05) is 17.8 Å². The number of primary sulfonamides is 1. The molecule has 0 aliphatic carbocycles. The number of rotatable bonds is 6. The molecule has 0 aliphatic heterocycles. The van der Waals surface area contributed by atoms with Crippen LogP contribution in [-0.4, -0.2) is 19.9 Å². The van der Waals surface area contributed by atoms with Gasteiger partial charge in [-0.2, -0.15) is 0 Å². The minimum atomic E-state index is -3.62. The molecule has 1 atom stereocenters. The van der Waals surface area contributed by atoms with Crippen LogP contribution in [0.2, 0.25) is 0 Å². The lowest BCUT2D eigenvalue weighted by Gasteiger charge is -2.14. The summed E-state index contributed by atoms with van der Waals surface area (Å²) in [5.41, 5.74) is 3.93. The molecule has 1 heterocycles. The third-order valence-electron chi connectivity index (χ3n) is 3.02. The van der Waals surface area contributed by atoms with Gasteiger partial charge in [-0.3, -0.25) is 0 Å². The van der Waals surface area contributed by atoms with Crippen LogP contribution in [0.4, 0.5) is 0 Å². The predicted molar refractivity (Wildman–Crippen MR) is 80.1 cm³/mol. The van der Waals surface area contributed by atoms with Crippen molar-refractivity contribution in [2.24, 2.45) is 5.14 Å². The summed E-state index contributed by atoms with van der Waals surface area (Å²) in [6.07, 6.45) is 0.878. The average molecular weight is 311 g/mol. The number of sulfonamides is 1. The van der Waals surface area contributed by atoms with Crippen LogP contribution in [0.1, 0.15) is 24.2 Å². The first-order valence-electron chi connectivity index (χ1n) is 6.20. The highest BCUT2D eigenvalue weighted by molar-refractivity contribution is 7.89. The number of hydrogen-bond donors (Lipinski definition) is 2. The van der Waals surface area contributed by atoms with E-state index < -0.39 is 10.0 Å². The standard InChI is InChI=1S/C13H17N3O2S2/c1-10(15-7-6-12-8-19-9-16-12)11-2-4-13(5-3-11)20(14,17)18/h2-5,8-10,15H,6-7H2,1H3,(H2,14,17,18). The lowest BCUT2D eigenvalue weighted by Crippen LogP contribution is -2.21. The summed E-state index contributed by atoms with van der Waals surface area (Å²) < 4.78 is 22.3. The molecule has 0 bridgehead atoms. The molecule has 0 spiro atoms. The Hall–Kier alpha value is -1.28. The van der Waals surface area contributed by atoms with Gasteiger partial charge < -0.3 is 5.32 Å². The topological polar surface area (TPSA) is 85.1 Å². The van der Waals surface area contributed by atoms with Gasteiger partial charge >= 0.3 is 0 Å². The van der Waals surface area contributed by atoms with E-state index in [0.717, 1.165) is 24.2 Å². The molecule has 2 rings (SSSR count). The normalized spacial score (nSPS) is 13.3. The summed E-state index contributed by atoms with van der Waals surface area (Å²) in [4.78, 5) is 4.36. The average Bonchev–Trinajstić information content (AvgIpc) is 2.91. The Kier molecular flexibility index (Phi) is 4.87. The Labute approximate surface area is 122 Å². The maximum absolute atomic E-state index is 11.2. The van der Waals surface area contributed by atoms with Crippen molar-refractivity contribution in [3.05, 3.63) is 46.4 Å². The number of nitrogens with zero attached hydrogens (tertiary/aromatic N) is 1. The minimum Gasteiger partial charge on any atom is -0.310 e. The number of aromatic nitrogens is 1. The maximum Gasteiger partial charge on any atom is 0.238 e. The fraction of sp³-hybridized carbons (Fsp3) is 0.308. The van der Waals surface area contributed by atoms with E-state index in [4.69, 9.17) is 5.14 Å². The van der Waals surface area contributed by atoms with Gasteiger partial charge in [0.15, 0.2) is 0 Å². The largest absolute Gasteiger partial charge is 0.310 e. The SMILES string of the molecule is CC(NCCc1cscn1)c1ccc(S(N)(=O)=O)cc1. The number of nitrogens with one attached hydrogen (secondary N) is 1. The number of hydrogen-bond acceptors (Lipinski definition) is 5. The number of benzene rings is 1. The van der Waals surface area contributed by atoms with Gasteiger partial charge in [-0.05, 0) is 24.6 Å². The van der Waals surface area contributed by atoms with E-state index in [2.05, 4.69) is 10.3 Å². The highest BCUT2D eigenvalue weighted by Crippen LogP contribution is 2.15. The van der Waals surface area contributed by atoms with Crippen molar-refractivity contribution >= 4 is 21.4 Å². The Morgan fingerprint density at radius 1 is 1.35 bits per heavy atom. The molecule has 0 radical (unpaired) electrons. The second kappa shape index (κ2) is 6.45. The van der Waals surface area contributed by atoms with E-state index >= 15 is 0 Å². The third kappa shape index (κ3) is 4.11. The van der Waals surface area contributed by atoms with Crippen molar-refractivity contribution < 1.29 is 8.42 Å². The van der Waals surface area contributed by atoms with E-state index in [9.17, 15) is 8.42 Å². The fourth-order valence-corrected chi connectivity index (χ4v) is 2.95. The van der Waals surface area contributed by atoms with E-state index in [-0.39, 0.29) is 10.9 Å². The zero-order chi connectivity index (χ0) is 14.6. The monoisotopic (exact) mass is 311 g/mol. The molecule has 108 valence electrons. The minimum absolute atomic E-state index is 0.135. The van der Waals surface area contributed by atoms with Gasteiger partial charge in [0.2, 0.25) is 10.0 Å². The lowest BCUT2D eigenvalue weighted by molar-refractivity contribution is 0.573. The summed E-state index contributed by atoms with van der Waals surface area (Å²) in [7, 11) is -3.62. The molecule has 0 saturated heterocycles. The second-order valence-corrected chi connectivity index (χ2v) is 6.80. The summed E-state index contributed by atoms with van der Waals surface area (Å²) in [6, 6.07) is 6.76. The molecule has 2 aromatic rings. The van der Waals surface area contributed by atoms with Crippen molar-refractivity contribution in [1.82, 2.24) is 10.3 Å². The summed E-state index contributed by atoms with van der Waals surface area (Å²) in [5, 5.41) is 10.5. The summed E-state index contributed by atoms with van der Waals surface area (Å²) >= 11 is 1.59. The van der Waals surface area contributed by atoms with Crippen LogP contribution in [0.15, 0.2) is 40.1 Å². The van der Waals surface area contributed by atoms with Crippen molar-refractivity contribution in [1.29, 1.82) is 0 Å². The van der Waals surface area contributed by atoms with E-state index in [1.54, 1.807) is 23.5 Å². The molecule has 20 heavy (non-hydrogen) atoms. The smallest absolute Gasteiger partial charge is 0.238 e. The van der Waals surface area contributed by atoms with Gasteiger partial charge in [0.05, 0.1) is 16.1 Å². The maximum atomic E-state index is 11.2. The van der Waals surface area contributed by atoms with Crippen LogP contribution in [0.3, 0.4) is 0 Å². The van der Waals surface area contributed by atoms with Gasteiger partial charge in [-0.15, -0.1) is 11.3 Å². The van der Waals surface area contributed by atoms with Crippen LogP contribution in [0, 0.1) is 0 Å². The van der Waals surface area contributed by atoms with Crippen LogP contribution >= 0.6 is 11.3 Å². The van der Waals surface area contributed by atoms with E-state index in [0.29, 0.717) is 0 Å². The van der Waals surface area contributed by atoms with Gasteiger partial charge in [-0.25, -0.2) is 18.5 Å². The van der Waals surface area contributed by atoms with Crippen molar-refractivity contribution in [3.8, 4) is 0 Å². The highest BCUT2D eigenvalue weighted by Gasteiger charge is 2.09. The molecular weight excluding hydrogens is 294 g/mol. The first kappa shape index (κ1) is 15.1. The van der Waals surface area contributed by atoms with Crippen molar-refractivity contribution in [2.75, 3.05) is 6.54 Å². The van der Waals surface area contributed by atoms with Gasteiger partial charge in [0, 0.05) is 24.4 Å². The Morgan fingerprint density at radius 2 is 2.05 bits per heavy atom. The van der Waals surface area contributed by atoms with Crippen LogP contribution in [0.25, 0.3) is 0 Å². The zero-order valence-electron chi connectivity index (χ0n) is 11.1. The van der Waals surface area contributed by atoms with Crippen molar-refractivity contribution in [3.63, 3.8) is 0 Å². The van der Waals surface area contributed by atoms with Crippen LogP contribution in [-0.2, 0) is 16.4 Å². The first-order chi connectivity index (χ1) is 9.47. The fourth-order valence-electron chi connectivity index (χ4n) is 1.84. The Balaban J connectivity index is 1.90. The summed E-state index contributed by atoms with van der Waals surface area (Å²) in [5.74, 6) is 0. The van der Waals surface area contributed by atoms with Crippen LogP contribution in [0.5, 0.6) is 0 Å². The zero-order valence-corrected chi connectivity index (χ0v) is 12.7. The first-order valence-corrected chi connectivity index (χ1v) is 8.69. The predicted octanol–water partition coefficient (Wildman–Crippen LogP) is 1.68. The quantitative estimate of drug-likeness (QED) is 0.850. The third-order valence-corrected chi connectivity index (χ3v) is 4.59. The molecule has 7 heteroatoms. The lowest BCUT2D eigenvalue weighted by atomic mass is 10.1. The highest BCUT2D eigenvalue weighted by atomic mass is 32.2.